The van der Waals surface area contributed by atoms with E-state index in [1.165, 1.54) is 11.1 Å². The number of benzene rings is 4. The smallest absolute Gasteiger partial charge is 0.256 e. The maximum Gasteiger partial charge on any atom is 0.256 e. The van der Waals surface area contributed by atoms with Gasteiger partial charge in [-0.25, -0.2) is 0 Å². The van der Waals surface area contributed by atoms with Gasteiger partial charge >= 0.3 is 0 Å². The van der Waals surface area contributed by atoms with E-state index in [9.17, 15) is 24.4 Å². The number of halogens is 1. The Balaban J connectivity index is 1.00. The number of nitrogens with zero attached hydrogens (tertiary/aromatic N) is 4. The Hall–Kier alpha value is -6.79. The van der Waals surface area contributed by atoms with Gasteiger partial charge in [-0.05, 0) is 89.9 Å². The lowest BCUT2D eigenvalue weighted by Gasteiger charge is -2.23. The maximum absolute atomic E-state index is 13.8. The van der Waals surface area contributed by atoms with Crippen LogP contribution < -0.4 is 35.6 Å². The number of likely N-dealkylation sites (N-methyl/N-ethyl adjacent to an activating group) is 1. The molecule has 0 saturated carbocycles. The highest BCUT2D eigenvalue weighted by Crippen LogP contribution is 2.38. The molecule has 5 aromatic rings. The van der Waals surface area contributed by atoms with Crippen LogP contribution in [0.1, 0.15) is 69.4 Å². The number of anilines is 1. The third kappa shape index (κ3) is 10.5. The molecule has 0 aliphatic carbocycles. The van der Waals surface area contributed by atoms with Gasteiger partial charge in [-0.15, -0.1) is 0 Å². The molecule has 4 amide bonds. The zero-order chi connectivity index (χ0) is 46.3. The zero-order valence-electron chi connectivity index (χ0n) is 37.3. The first-order valence-corrected chi connectivity index (χ1v) is 22.6. The molecule has 2 fully saturated rings. The highest BCUT2D eigenvalue weighted by atomic mass is 35.5. The number of ether oxygens (including phenoxy) is 2. The fraction of sp³-hybridized carbons (Fsp3) is 0.333. The SMILES string of the molecule is Cc1c(COc2cc(OCc3cncc(C#N)c3)c(CNC[C@@H]3CCC(=O)N3)cc2Cl)cccc1-c1cccc(-c2ccc3c(c2)C(=O)N(C)CC(=O)N3CCNC[C@H]2CCC(=O)N2)c1C. The number of carbonyl (C=O) groups is 4. The molecule has 340 valence electrons. The van der Waals surface area contributed by atoms with E-state index in [0.29, 0.717) is 78.9 Å². The summed E-state index contributed by atoms with van der Waals surface area (Å²) in [7, 11) is 1.65. The number of hydrogen-bond acceptors (Lipinski definition) is 10. The van der Waals surface area contributed by atoms with E-state index in [0.717, 1.165) is 62.9 Å². The van der Waals surface area contributed by atoms with Crippen molar-refractivity contribution < 1.29 is 28.7 Å². The Kier molecular flexibility index (Phi) is 14.3. The van der Waals surface area contributed by atoms with Crippen molar-refractivity contribution in [3.63, 3.8) is 0 Å². The van der Waals surface area contributed by atoms with Gasteiger partial charge in [-0.3, -0.25) is 24.2 Å². The maximum atomic E-state index is 13.8. The normalized spacial score (nSPS) is 17.0. The van der Waals surface area contributed by atoms with E-state index in [1.54, 1.807) is 30.3 Å². The van der Waals surface area contributed by atoms with Gasteiger partial charge in [-0.1, -0.05) is 54.1 Å². The highest BCUT2D eigenvalue weighted by molar-refractivity contribution is 6.32. The van der Waals surface area contributed by atoms with Crippen LogP contribution >= 0.6 is 11.6 Å². The molecule has 4 heterocycles. The first-order valence-electron chi connectivity index (χ1n) is 22.3. The summed E-state index contributed by atoms with van der Waals surface area (Å²) in [6, 6.07) is 25.6. The Labute approximate surface area is 389 Å². The monoisotopic (exact) mass is 908 g/mol. The van der Waals surface area contributed by atoms with Gasteiger partial charge in [0.25, 0.3) is 5.91 Å². The summed E-state index contributed by atoms with van der Waals surface area (Å²) in [5, 5.41) is 22.5. The van der Waals surface area contributed by atoms with Crippen LogP contribution in [0.2, 0.25) is 5.02 Å². The third-order valence-electron chi connectivity index (χ3n) is 12.5. The van der Waals surface area contributed by atoms with Gasteiger partial charge in [0, 0.05) is 94.3 Å². The second-order valence-corrected chi connectivity index (χ2v) is 17.5. The first kappa shape index (κ1) is 45.8. The molecule has 8 rings (SSSR count). The Morgan fingerprint density at radius 1 is 0.788 bits per heavy atom. The van der Waals surface area contributed by atoms with Crippen molar-refractivity contribution in [3.8, 4) is 39.8 Å². The van der Waals surface area contributed by atoms with Gasteiger partial charge in [0.2, 0.25) is 17.7 Å². The quantitative estimate of drug-likeness (QED) is 0.0767. The molecular formula is C51H53ClN8O6. The number of hydrogen-bond donors (Lipinski definition) is 4. The Morgan fingerprint density at radius 2 is 1.48 bits per heavy atom. The van der Waals surface area contributed by atoms with Crippen molar-refractivity contribution in [2.45, 2.75) is 71.4 Å². The van der Waals surface area contributed by atoms with Crippen molar-refractivity contribution in [3.05, 3.63) is 129 Å². The Bertz CT molecular complexity index is 2720. The summed E-state index contributed by atoms with van der Waals surface area (Å²) in [4.78, 5) is 57.9. The minimum Gasteiger partial charge on any atom is -0.488 e. The highest BCUT2D eigenvalue weighted by Gasteiger charge is 2.31. The molecule has 4 N–H and O–H groups in total. The van der Waals surface area contributed by atoms with Crippen LogP contribution in [-0.4, -0.2) is 85.4 Å². The lowest BCUT2D eigenvalue weighted by molar-refractivity contribution is -0.120. The Morgan fingerprint density at radius 3 is 2.21 bits per heavy atom. The second kappa shape index (κ2) is 20.6. The average Bonchev–Trinajstić information content (AvgIpc) is 3.92. The topological polar surface area (TPSA) is 178 Å². The lowest BCUT2D eigenvalue weighted by Crippen LogP contribution is -2.43. The van der Waals surface area contributed by atoms with Crippen molar-refractivity contribution in [2.24, 2.45) is 0 Å². The van der Waals surface area contributed by atoms with E-state index in [-0.39, 0.29) is 55.5 Å². The number of nitrogens with one attached hydrogen (secondary N) is 4. The molecule has 4 aromatic carbocycles. The van der Waals surface area contributed by atoms with Crippen LogP contribution in [0.25, 0.3) is 22.3 Å². The predicted molar refractivity (Wildman–Crippen MR) is 252 cm³/mol. The van der Waals surface area contributed by atoms with Crippen molar-refractivity contribution in [1.29, 1.82) is 5.26 Å². The molecule has 66 heavy (non-hydrogen) atoms. The third-order valence-corrected chi connectivity index (χ3v) is 12.8. The van der Waals surface area contributed by atoms with E-state index in [2.05, 4.69) is 58.3 Å². The van der Waals surface area contributed by atoms with Crippen LogP contribution in [0.15, 0.2) is 85.2 Å². The van der Waals surface area contributed by atoms with Crippen LogP contribution in [0.3, 0.4) is 0 Å². The summed E-state index contributed by atoms with van der Waals surface area (Å²) < 4.78 is 12.8. The first-order chi connectivity index (χ1) is 31.9. The average molecular weight is 909 g/mol. The van der Waals surface area contributed by atoms with Crippen LogP contribution in [0.4, 0.5) is 5.69 Å². The van der Waals surface area contributed by atoms with Gasteiger partial charge in [0.15, 0.2) is 0 Å². The minimum atomic E-state index is -0.218. The fourth-order valence-corrected chi connectivity index (χ4v) is 9.08. The molecule has 2 atom stereocenters. The number of pyridine rings is 1. The molecule has 0 spiro atoms. The molecule has 15 heteroatoms. The number of amides is 4. The molecule has 3 aliphatic rings. The fourth-order valence-electron chi connectivity index (χ4n) is 8.84. The molecule has 0 bridgehead atoms. The molecule has 3 aliphatic heterocycles. The number of aromatic nitrogens is 1. The standard InChI is InChI=1S/C51H53ClN8O6/c1-31-36(30-66-47-21-46(65-29-34-18-33(22-53)23-55-24-34)37(20-44(47)52)25-56-27-39-12-15-49(62)58-39)6-4-8-41(31)42-9-5-7-40(32(42)2)35-10-13-45-43(19-35)51(64)59(3)28-50(63)60(45)17-16-54-26-38-11-14-48(61)57-38/h4-10,13,18-21,23-24,38-39,54,56H,11-12,14-17,25-30H2,1-3H3,(H,57,61)(H,58,62)/t38-,39+/m1/s1. The predicted octanol–water partition coefficient (Wildman–Crippen LogP) is 6.37. The largest absolute Gasteiger partial charge is 0.488 e. The van der Waals surface area contributed by atoms with Crippen LogP contribution in [-0.2, 0) is 34.1 Å². The molecule has 2 saturated heterocycles. The molecule has 0 unspecified atom stereocenters. The van der Waals surface area contributed by atoms with Crippen LogP contribution in [0, 0.1) is 25.2 Å². The summed E-state index contributed by atoms with van der Waals surface area (Å²) in [6.45, 7) is 7.07. The van der Waals surface area contributed by atoms with Gasteiger partial charge in [0.05, 0.1) is 21.8 Å². The van der Waals surface area contributed by atoms with Gasteiger partial charge < -0.3 is 40.5 Å². The molecular weight excluding hydrogens is 856 g/mol. The van der Waals surface area contributed by atoms with Crippen molar-refractivity contribution in [2.75, 3.05) is 44.7 Å². The molecule has 1 aromatic heterocycles. The minimum absolute atomic E-state index is 0.0281. The van der Waals surface area contributed by atoms with Gasteiger partial charge in [0.1, 0.15) is 37.3 Å². The van der Waals surface area contributed by atoms with Crippen molar-refractivity contribution >= 4 is 40.9 Å². The number of rotatable bonds is 17. The summed E-state index contributed by atoms with van der Waals surface area (Å²) in [6.07, 6.45) is 5.78. The number of nitriles is 1. The second-order valence-electron chi connectivity index (χ2n) is 17.1. The number of carbonyl (C=O) groups excluding carboxylic acids is 4. The van der Waals surface area contributed by atoms with Crippen molar-refractivity contribution in [1.82, 2.24) is 31.2 Å². The van der Waals surface area contributed by atoms with E-state index in [1.807, 2.05) is 48.5 Å². The molecule has 0 radical (unpaired) electrons. The summed E-state index contributed by atoms with van der Waals surface area (Å²) in [5.41, 5.74) is 9.95. The van der Waals surface area contributed by atoms with E-state index in [4.69, 9.17) is 21.1 Å². The van der Waals surface area contributed by atoms with Crippen LogP contribution in [0.5, 0.6) is 11.5 Å². The zero-order valence-corrected chi connectivity index (χ0v) is 38.1. The summed E-state index contributed by atoms with van der Waals surface area (Å²) >= 11 is 6.88. The molecule has 14 nitrogen and oxygen atoms in total. The lowest BCUT2D eigenvalue weighted by atomic mass is 9.89. The van der Waals surface area contributed by atoms with E-state index >= 15 is 0 Å². The van der Waals surface area contributed by atoms with Gasteiger partial charge in [-0.2, -0.15) is 5.26 Å². The number of fused-ring (bicyclic) bond motifs is 1. The summed E-state index contributed by atoms with van der Waals surface area (Å²) in [5.74, 6) is 0.756. The van der Waals surface area contributed by atoms with E-state index < -0.39 is 0 Å².